The number of aromatic nitrogens is 1. The molecule has 1 saturated carbocycles. The molecule has 3 heteroatoms. The molecule has 0 saturated heterocycles. The molecule has 0 N–H and O–H groups in total. The Kier molecular flexibility index (Phi) is 1.74. The van der Waals surface area contributed by atoms with Crippen LogP contribution in [0.15, 0.2) is 11.4 Å². The van der Waals surface area contributed by atoms with Gasteiger partial charge in [0.05, 0.1) is 0 Å². The van der Waals surface area contributed by atoms with E-state index in [9.17, 15) is 4.79 Å². The maximum absolute atomic E-state index is 11.3. The zero-order valence-electron chi connectivity index (χ0n) is 6.12. The van der Waals surface area contributed by atoms with Crippen molar-refractivity contribution in [2.45, 2.75) is 19.3 Å². The van der Waals surface area contributed by atoms with E-state index in [1.807, 2.05) is 5.38 Å². The first-order valence-corrected chi connectivity index (χ1v) is 4.63. The van der Waals surface area contributed by atoms with Gasteiger partial charge in [0.25, 0.3) is 0 Å². The van der Waals surface area contributed by atoms with Gasteiger partial charge in [-0.3, -0.25) is 4.79 Å². The maximum Gasteiger partial charge on any atom is 0.182 e. The van der Waals surface area contributed by atoms with E-state index in [0.717, 1.165) is 0 Å². The molecular formula is C8H9NOS. The summed E-state index contributed by atoms with van der Waals surface area (Å²) in [6, 6.07) is 1.80. The van der Waals surface area contributed by atoms with Crippen LogP contribution in [0.5, 0.6) is 0 Å². The van der Waals surface area contributed by atoms with E-state index in [-0.39, 0.29) is 5.78 Å². The van der Waals surface area contributed by atoms with Gasteiger partial charge in [-0.15, -0.1) is 0 Å². The Labute approximate surface area is 69.4 Å². The van der Waals surface area contributed by atoms with Gasteiger partial charge in [0.1, 0.15) is 5.69 Å². The number of ketones is 1. The molecule has 0 aromatic carbocycles. The van der Waals surface area contributed by atoms with Gasteiger partial charge >= 0.3 is 0 Å². The largest absolute Gasteiger partial charge is 0.292 e. The molecule has 1 heterocycles. The summed E-state index contributed by atoms with van der Waals surface area (Å²) >= 11 is 1.34. The Morgan fingerprint density at radius 1 is 1.73 bits per heavy atom. The van der Waals surface area contributed by atoms with Gasteiger partial charge in [-0.25, -0.2) is 0 Å². The number of rotatable bonds is 3. The molecule has 0 unspecified atom stereocenters. The van der Waals surface area contributed by atoms with Crippen LogP contribution in [0.3, 0.4) is 0 Å². The van der Waals surface area contributed by atoms with Gasteiger partial charge in [0.15, 0.2) is 5.78 Å². The Hall–Kier alpha value is -0.700. The van der Waals surface area contributed by atoms with E-state index in [1.165, 1.54) is 24.4 Å². The molecule has 0 aliphatic heterocycles. The number of carbonyl (C=O) groups is 1. The highest BCUT2D eigenvalue weighted by atomic mass is 32.1. The quantitative estimate of drug-likeness (QED) is 0.645. The minimum Gasteiger partial charge on any atom is -0.292 e. The van der Waals surface area contributed by atoms with Crippen LogP contribution in [0, 0.1) is 5.92 Å². The molecular weight excluding hydrogens is 158 g/mol. The van der Waals surface area contributed by atoms with Crippen molar-refractivity contribution >= 4 is 17.3 Å². The molecule has 1 aliphatic rings. The number of nitrogens with zero attached hydrogens (tertiary/aromatic N) is 1. The molecule has 1 aromatic heterocycles. The number of hydrogen-bond donors (Lipinski definition) is 0. The van der Waals surface area contributed by atoms with Crippen LogP contribution in [-0.2, 0) is 0 Å². The van der Waals surface area contributed by atoms with Crippen molar-refractivity contribution in [1.29, 1.82) is 0 Å². The summed E-state index contributed by atoms with van der Waals surface area (Å²) in [6.45, 7) is 0. The zero-order chi connectivity index (χ0) is 7.68. The van der Waals surface area contributed by atoms with Crippen molar-refractivity contribution in [2.75, 3.05) is 0 Å². The molecule has 1 fully saturated rings. The monoisotopic (exact) mass is 167 g/mol. The molecule has 0 radical (unpaired) electrons. The van der Waals surface area contributed by atoms with Crippen molar-refractivity contribution in [3.05, 3.63) is 17.1 Å². The summed E-state index contributed by atoms with van der Waals surface area (Å²) in [4.78, 5) is 11.3. The van der Waals surface area contributed by atoms with Crippen LogP contribution in [-0.4, -0.2) is 10.2 Å². The topological polar surface area (TPSA) is 30.0 Å². The fourth-order valence-corrected chi connectivity index (χ4v) is 1.57. The Balaban J connectivity index is 1.99. The minimum atomic E-state index is 0.216. The summed E-state index contributed by atoms with van der Waals surface area (Å²) in [5.74, 6) is 0.887. The maximum atomic E-state index is 11.3. The fraction of sp³-hybridized carbons (Fsp3) is 0.500. The van der Waals surface area contributed by atoms with Crippen LogP contribution >= 0.6 is 11.5 Å². The standard InChI is InChI=1S/C8H9NOS/c10-8(5-6-1-2-6)7-3-4-11-9-7/h3-4,6H,1-2,5H2. The van der Waals surface area contributed by atoms with Crippen molar-refractivity contribution < 1.29 is 4.79 Å². The number of Topliss-reactive ketones (excluding diaryl/α,β-unsaturated/α-hetero) is 1. The first-order valence-electron chi connectivity index (χ1n) is 3.80. The molecule has 11 heavy (non-hydrogen) atoms. The highest BCUT2D eigenvalue weighted by Crippen LogP contribution is 2.33. The van der Waals surface area contributed by atoms with Crippen LogP contribution in [0.25, 0.3) is 0 Å². The highest BCUT2D eigenvalue weighted by Gasteiger charge is 2.25. The Morgan fingerprint density at radius 2 is 2.55 bits per heavy atom. The lowest BCUT2D eigenvalue weighted by molar-refractivity contribution is 0.0972. The lowest BCUT2D eigenvalue weighted by Gasteiger charge is -1.91. The van der Waals surface area contributed by atoms with Crippen LogP contribution in [0.2, 0.25) is 0 Å². The molecule has 58 valence electrons. The summed E-state index contributed by atoms with van der Waals surface area (Å²) in [5, 5.41) is 1.85. The molecule has 1 aromatic rings. The third-order valence-corrected chi connectivity index (χ3v) is 2.45. The fourth-order valence-electron chi connectivity index (χ4n) is 1.05. The normalized spacial score (nSPS) is 16.7. The minimum absolute atomic E-state index is 0.216. The van der Waals surface area contributed by atoms with Gasteiger partial charge < -0.3 is 0 Å². The molecule has 0 amide bonds. The summed E-state index contributed by atoms with van der Waals surface area (Å²) in [5.41, 5.74) is 0.655. The average Bonchev–Trinajstić information content (AvgIpc) is 2.67. The molecule has 2 rings (SSSR count). The van der Waals surface area contributed by atoms with E-state index in [4.69, 9.17) is 0 Å². The third-order valence-electron chi connectivity index (χ3n) is 1.89. The van der Waals surface area contributed by atoms with Gasteiger partial charge in [-0.05, 0) is 36.4 Å². The van der Waals surface area contributed by atoms with Gasteiger partial charge in [-0.2, -0.15) is 4.37 Å². The van der Waals surface area contributed by atoms with Crippen molar-refractivity contribution in [3.8, 4) is 0 Å². The predicted octanol–water partition coefficient (Wildman–Crippen LogP) is 2.13. The average molecular weight is 167 g/mol. The second-order valence-electron chi connectivity index (χ2n) is 2.96. The van der Waals surface area contributed by atoms with Crippen molar-refractivity contribution in [3.63, 3.8) is 0 Å². The highest BCUT2D eigenvalue weighted by molar-refractivity contribution is 7.03. The lowest BCUT2D eigenvalue weighted by atomic mass is 10.1. The second-order valence-corrected chi connectivity index (χ2v) is 3.62. The van der Waals surface area contributed by atoms with Crippen LogP contribution in [0.4, 0.5) is 0 Å². The van der Waals surface area contributed by atoms with E-state index in [1.54, 1.807) is 6.07 Å². The molecule has 0 spiro atoms. The summed E-state index contributed by atoms with van der Waals surface area (Å²) < 4.78 is 3.99. The van der Waals surface area contributed by atoms with E-state index in [0.29, 0.717) is 18.0 Å². The van der Waals surface area contributed by atoms with E-state index < -0.39 is 0 Å². The summed E-state index contributed by atoms with van der Waals surface area (Å²) in [7, 11) is 0. The van der Waals surface area contributed by atoms with Gasteiger partial charge in [-0.1, -0.05) is 0 Å². The first kappa shape index (κ1) is 6.98. The van der Waals surface area contributed by atoms with E-state index in [2.05, 4.69) is 4.37 Å². The first-order chi connectivity index (χ1) is 5.36. The number of hydrogen-bond acceptors (Lipinski definition) is 3. The Bertz CT molecular complexity index is 251. The Morgan fingerprint density at radius 3 is 3.09 bits per heavy atom. The van der Waals surface area contributed by atoms with E-state index >= 15 is 0 Å². The second kappa shape index (κ2) is 2.74. The molecule has 0 atom stereocenters. The number of carbonyl (C=O) groups excluding carboxylic acids is 1. The van der Waals surface area contributed by atoms with Crippen LogP contribution < -0.4 is 0 Å². The van der Waals surface area contributed by atoms with Crippen molar-refractivity contribution in [1.82, 2.24) is 4.37 Å². The lowest BCUT2D eigenvalue weighted by Crippen LogP contribution is -1.99. The van der Waals surface area contributed by atoms with Crippen LogP contribution in [0.1, 0.15) is 29.8 Å². The smallest absolute Gasteiger partial charge is 0.182 e. The SMILES string of the molecule is O=C(CC1CC1)c1ccsn1. The molecule has 1 aliphatic carbocycles. The van der Waals surface area contributed by atoms with Gasteiger partial charge in [0.2, 0.25) is 0 Å². The molecule has 0 bridgehead atoms. The van der Waals surface area contributed by atoms with Crippen molar-refractivity contribution in [2.24, 2.45) is 5.92 Å². The zero-order valence-corrected chi connectivity index (χ0v) is 6.93. The third kappa shape index (κ3) is 1.66. The predicted molar refractivity (Wildman–Crippen MR) is 43.8 cm³/mol. The summed E-state index contributed by atoms with van der Waals surface area (Å²) in [6.07, 6.45) is 3.18. The van der Waals surface area contributed by atoms with Gasteiger partial charge in [0, 0.05) is 11.8 Å². The molecule has 2 nitrogen and oxygen atoms in total.